The third-order valence-corrected chi connectivity index (χ3v) is 5.20. The molecule has 1 aliphatic rings. The van der Waals surface area contributed by atoms with Crippen molar-refractivity contribution in [1.82, 2.24) is 4.90 Å². The van der Waals surface area contributed by atoms with Crippen molar-refractivity contribution in [2.75, 3.05) is 32.6 Å². The van der Waals surface area contributed by atoms with Gasteiger partial charge in [0, 0.05) is 23.5 Å². The van der Waals surface area contributed by atoms with Crippen LogP contribution in [-0.4, -0.2) is 48.8 Å². The molecular weight excluding hydrogens is 294 g/mol. The van der Waals surface area contributed by atoms with Gasteiger partial charge in [0.05, 0.1) is 18.8 Å². The van der Waals surface area contributed by atoms with Crippen molar-refractivity contribution in [3.8, 4) is 0 Å². The summed E-state index contributed by atoms with van der Waals surface area (Å²) in [5.41, 5.74) is 0.292. The molecular formula is C18H25NO2S. The minimum Gasteiger partial charge on any atom is -0.379 e. The zero-order valence-electron chi connectivity index (χ0n) is 13.5. The summed E-state index contributed by atoms with van der Waals surface area (Å²) >= 11 is 1.69. The Morgan fingerprint density at radius 3 is 2.50 bits per heavy atom. The molecule has 120 valence electrons. The Morgan fingerprint density at radius 2 is 2.00 bits per heavy atom. The predicted molar refractivity (Wildman–Crippen MR) is 92.8 cm³/mol. The van der Waals surface area contributed by atoms with Gasteiger partial charge >= 0.3 is 0 Å². The van der Waals surface area contributed by atoms with Crippen molar-refractivity contribution in [2.45, 2.75) is 30.2 Å². The van der Waals surface area contributed by atoms with E-state index in [1.54, 1.807) is 11.8 Å². The van der Waals surface area contributed by atoms with Gasteiger partial charge in [-0.2, -0.15) is 0 Å². The molecule has 1 aliphatic heterocycles. The highest BCUT2D eigenvalue weighted by atomic mass is 32.2. The number of ketones is 1. The summed E-state index contributed by atoms with van der Waals surface area (Å²) in [7, 11) is 0. The summed E-state index contributed by atoms with van der Waals surface area (Å²) in [6.07, 6.45) is 5.36. The van der Waals surface area contributed by atoms with Crippen LogP contribution in [0.15, 0.2) is 41.8 Å². The highest BCUT2D eigenvalue weighted by molar-refractivity contribution is 7.98. The van der Waals surface area contributed by atoms with Gasteiger partial charge in [-0.3, -0.25) is 9.69 Å². The largest absolute Gasteiger partial charge is 0.379 e. The topological polar surface area (TPSA) is 29.5 Å². The van der Waals surface area contributed by atoms with Crippen LogP contribution in [0.5, 0.6) is 0 Å². The number of carbonyl (C=O) groups excluding carboxylic acids is 1. The molecule has 0 aromatic heterocycles. The second-order valence-electron chi connectivity index (χ2n) is 5.53. The van der Waals surface area contributed by atoms with Crippen LogP contribution in [0.25, 0.3) is 0 Å². The summed E-state index contributed by atoms with van der Waals surface area (Å²) in [5, 5.41) is 0. The number of hydrogen-bond donors (Lipinski definition) is 0. The van der Waals surface area contributed by atoms with Gasteiger partial charge in [-0.25, -0.2) is 0 Å². The van der Waals surface area contributed by atoms with E-state index in [0.717, 1.165) is 25.1 Å². The molecule has 1 heterocycles. The first-order valence-electron chi connectivity index (χ1n) is 7.80. The third-order valence-electron chi connectivity index (χ3n) is 4.46. The number of rotatable bonds is 7. The van der Waals surface area contributed by atoms with Crippen LogP contribution in [0.2, 0.25) is 0 Å². The Hall–Kier alpha value is -1.10. The van der Waals surface area contributed by atoms with E-state index in [1.807, 2.05) is 36.6 Å². The van der Waals surface area contributed by atoms with Gasteiger partial charge in [-0.1, -0.05) is 25.1 Å². The quantitative estimate of drug-likeness (QED) is 0.436. The maximum absolute atomic E-state index is 13.2. The van der Waals surface area contributed by atoms with Gasteiger partial charge in [0.2, 0.25) is 0 Å². The molecule has 1 atom stereocenters. The fraction of sp³-hybridized carbons (Fsp3) is 0.500. The monoisotopic (exact) mass is 319 g/mol. The lowest BCUT2D eigenvalue weighted by Crippen LogP contribution is -2.57. The number of Topliss-reactive ketones (excluding diaryl/α,β-unsaturated/α-hetero) is 1. The molecule has 0 bridgehead atoms. The lowest BCUT2D eigenvalue weighted by Gasteiger charge is -2.43. The Balaban J connectivity index is 2.33. The van der Waals surface area contributed by atoms with Crippen molar-refractivity contribution in [2.24, 2.45) is 0 Å². The number of hydrogen-bond acceptors (Lipinski definition) is 4. The van der Waals surface area contributed by atoms with Crippen molar-refractivity contribution in [3.05, 3.63) is 42.5 Å². The molecule has 1 fully saturated rings. The van der Waals surface area contributed by atoms with E-state index in [-0.39, 0.29) is 5.78 Å². The third kappa shape index (κ3) is 3.45. The molecule has 3 nitrogen and oxygen atoms in total. The van der Waals surface area contributed by atoms with E-state index in [1.165, 1.54) is 4.90 Å². The summed E-state index contributed by atoms with van der Waals surface area (Å²) in [6, 6.07) is 7.93. The van der Waals surface area contributed by atoms with Crippen LogP contribution < -0.4 is 0 Å². The highest BCUT2D eigenvalue weighted by Crippen LogP contribution is 2.30. The van der Waals surface area contributed by atoms with Gasteiger partial charge in [-0.05, 0) is 31.2 Å². The Labute approximate surface area is 137 Å². The van der Waals surface area contributed by atoms with E-state index in [4.69, 9.17) is 4.74 Å². The maximum atomic E-state index is 13.2. The van der Waals surface area contributed by atoms with E-state index in [0.29, 0.717) is 19.6 Å². The lowest BCUT2D eigenvalue weighted by molar-refractivity contribution is -0.0154. The molecule has 0 N–H and O–H groups in total. The van der Waals surface area contributed by atoms with Crippen LogP contribution in [0.3, 0.4) is 0 Å². The first-order valence-corrected chi connectivity index (χ1v) is 9.03. The molecule has 1 aromatic rings. The number of nitrogens with zero attached hydrogens (tertiary/aromatic N) is 1. The number of ether oxygens (including phenoxy) is 1. The Morgan fingerprint density at radius 1 is 1.36 bits per heavy atom. The standard InChI is InChI=1S/C18H25NO2S/c1-4-10-18(5-2,19-11-13-21-14-12-19)17(20)15-6-8-16(22-3)9-7-15/h4,6-9H,1,5,10-14H2,2-3H3. The highest BCUT2D eigenvalue weighted by Gasteiger charge is 2.42. The van der Waals surface area contributed by atoms with Crippen LogP contribution in [0.1, 0.15) is 30.1 Å². The van der Waals surface area contributed by atoms with E-state index < -0.39 is 5.54 Å². The molecule has 4 heteroatoms. The minimum absolute atomic E-state index is 0.199. The summed E-state index contributed by atoms with van der Waals surface area (Å²) < 4.78 is 5.45. The first-order chi connectivity index (χ1) is 10.7. The van der Waals surface area contributed by atoms with E-state index in [2.05, 4.69) is 18.4 Å². The minimum atomic E-state index is -0.494. The lowest BCUT2D eigenvalue weighted by atomic mass is 9.81. The van der Waals surface area contributed by atoms with Crippen molar-refractivity contribution in [1.29, 1.82) is 0 Å². The molecule has 2 rings (SSSR count). The summed E-state index contributed by atoms with van der Waals surface area (Å²) in [4.78, 5) is 16.7. The fourth-order valence-electron chi connectivity index (χ4n) is 3.14. The Bertz CT molecular complexity index is 508. The molecule has 0 saturated carbocycles. The molecule has 0 spiro atoms. The normalized spacial score (nSPS) is 18.6. The molecule has 1 aromatic carbocycles. The van der Waals surface area contributed by atoms with Crippen LogP contribution >= 0.6 is 11.8 Å². The Kier molecular flexibility index (Phi) is 6.24. The molecule has 0 amide bonds. The number of thioether (sulfide) groups is 1. The molecule has 1 unspecified atom stereocenters. The fourth-order valence-corrected chi connectivity index (χ4v) is 3.54. The van der Waals surface area contributed by atoms with Gasteiger partial charge in [0.15, 0.2) is 5.78 Å². The summed E-state index contributed by atoms with van der Waals surface area (Å²) in [6.45, 7) is 8.96. The second-order valence-corrected chi connectivity index (χ2v) is 6.41. The maximum Gasteiger partial charge on any atom is 0.183 e. The SMILES string of the molecule is C=CCC(CC)(C(=O)c1ccc(SC)cc1)N1CCOCC1. The molecule has 1 saturated heterocycles. The van der Waals surface area contributed by atoms with Crippen molar-refractivity contribution in [3.63, 3.8) is 0 Å². The second kappa shape index (κ2) is 7.95. The molecule has 0 aliphatic carbocycles. The average molecular weight is 319 g/mol. The zero-order chi connectivity index (χ0) is 16.0. The van der Waals surface area contributed by atoms with E-state index >= 15 is 0 Å². The van der Waals surface area contributed by atoms with Crippen LogP contribution in [0.4, 0.5) is 0 Å². The number of carbonyl (C=O) groups is 1. The smallest absolute Gasteiger partial charge is 0.183 e. The van der Waals surface area contributed by atoms with Crippen LogP contribution in [-0.2, 0) is 4.74 Å². The number of benzene rings is 1. The first kappa shape index (κ1) is 17.3. The van der Waals surface area contributed by atoms with Crippen molar-refractivity contribution >= 4 is 17.5 Å². The average Bonchev–Trinajstić information content (AvgIpc) is 2.60. The summed E-state index contributed by atoms with van der Waals surface area (Å²) in [5.74, 6) is 0.199. The van der Waals surface area contributed by atoms with E-state index in [9.17, 15) is 4.79 Å². The number of morpholine rings is 1. The van der Waals surface area contributed by atoms with Gasteiger partial charge in [0.1, 0.15) is 0 Å². The zero-order valence-corrected chi connectivity index (χ0v) is 14.3. The van der Waals surface area contributed by atoms with Crippen molar-refractivity contribution < 1.29 is 9.53 Å². The molecule has 22 heavy (non-hydrogen) atoms. The van der Waals surface area contributed by atoms with Gasteiger partial charge in [-0.15, -0.1) is 18.3 Å². The van der Waals surface area contributed by atoms with Crippen LogP contribution in [0, 0.1) is 0 Å². The molecule has 0 radical (unpaired) electrons. The van der Waals surface area contributed by atoms with Gasteiger partial charge < -0.3 is 4.74 Å². The van der Waals surface area contributed by atoms with Gasteiger partial charge in [0.25, 0.3) is 0 Å². The predicted octanol–water partition coefficient (Wildman–Crippen LogP) is 3.65.